The Morgan fingerprint density at radius 3 is 2.40 bits per heavy atom. The molecule has 0 fully saturated rings. The lowest BCUT2D eigenvalue weighted by atomic mass is 9.81. The molecule has 0 saturated carbocycles. The largest absolute Gasteiger partial charge is 0.507 e. The van der Waals surface area contributed by atoms with Crippen molar-refractivity contribution in [3.63, 3.8) is 0 Å². The maximum absolute atomic E-state index is 11.8. The van der Waals surface area contributed by atoms with Crippen LogP contribution in [0.5, 0.6) is 5.75 Å². The predicted octanol–water partition coefficient (Wildman–Crippen LogP) is 4.91. The van der Waals surface area contributed by atoms with Gasteiger partial charge >= 0.3 is 5.97 Å². The Morgan fingerprint density at radius 1 is 1.08 bits per heavy atom. The number of aromatic hydroxyl groups is 1. The van der Waals surface area contributed by atoms with Gasteiger partial charge in [-0.3, -0.25) is 4.98 Å². The molecule has 3 rings (SSSR count). The van der Waals surface area contributed by atoms with E-state index in [-0.39, 0.29) is 11.3 Å². The van der Waals surface area contributed by atoms with E-state index in [0.717, 1.165) is 21.9 Å². The average molecular weight is 335 g/mol. The monoisotopic (exact) mass is 335 g/mol. The number of aromatic nitrogens is 1. The normalized spacial score (nSPS) is 11.7. The minimum absolute atomic E-state index is 0.0460. The molecule has 0 amide bonds. The van der Waals surface area contributed by atoms with Crippen molar-refractivity contribution in [3.8, 4) is 16.9 Å². The van der Waals surface area contributed by atoms with Gasteiger partial charge in [-0.25, -0.2) is 4.79 Å². The van der Waals surface area contributed by atoms with E-state index in [1.807, 2.05) is 51.1 Å². The summed E-state index contributed by atoms with van der Waals surface area (Å²) in [5.41, 5.74) is 2.35. The number of rotatable bonds is 2. The Kier molecular flexibility index (Phi) is 3.99. The van der Waals surface area contributed by atoms with Crippen LogP contribution in [-0.4, -0.2) is 21.2 Å². The summed E-state index contributed by atoms with van der Waals surface area (Å²) in [5, 5.41) is 22.2. The molecule has 0 spiro atoms. The highest BCUT2D eigenvalue weighted by molar-refractivity contribution is 6.01. The molecule has 1 aromatic heterocycles. The van der Waals surface area contributed by atoms with Crippen LogP contribution in [0.1, 0.15) is 42.3 Å². The first-order chi connectivity index (χ1) is 11.7. The van der Waals surface area contributed by atoms with Crippen LogP contribution in [0.4, 0.5) is 0 Å². The highest BCUT2D eigenvalue weighted by Gasteiger charge is 2.27. The lowest BCUT2D eigenvalue weighted by molar-refractivity contribution is 0.0692. The lowest BCUT2D eigenvalue weighted by Gasteiger charge is -2.24. The number of nitrogens with zero attached hydrogens (tertiary/aromatic N) is 1. The Hall–Kier alpha value is -2.88. The van der Waals surface area contributed by atoms with Crippen molar-refractivity contribution < 1.29 is 15.0 Å². The highest BCUT2D eigenvalue weighted by Crippen LogP contribution is 2.41. The second-order valence-electron chi connectivity index (χ2n) is 7.28. The zero-order chi connectivity index (χ0) is 18.4. The zero-order valence-corrected chi connectivity index (χ0v) is 14.8. The first-order valence-corrected chi connectivity index (χ1v) is 8.15. The molecule has 0 unspecified atom stereocenters. The molecule has 0 saturated heterocycles. The Balaban J connectivity index is 2.44. The number of fused-ring (bicyclic) bond motifs is 1. The van der Waals surface area contributed by atoms with Crippen LogP contribution in [0.25, 0.3) is 21.9 Å². The number of hydrogen-bond donors (Lipinski definition) is 2. The molecule has 4 heteroatoms. The van der Waals surface area contributed by atoms with Crippen molar-refractivity contribution in [2.75, 3.05) is 0 Å². The van der Waals surface area contributed by atoms with Gasteiger partial charge < -0.3 is 10.2 Å². The quantitative estimate of drug-likeness (QED) is 0.698. The highest BCUT2D eigenvalue weighted by atomic mass is 16.4. The van der Waals surface area contributed by atoms with Gasteiger partial charge in [0.25, 0.3) is 0 Å². The first kappa shape index (κ1) is 17.0. The zero-order valence-electron chi connectivity index (χ0n) is 14.8. The van der Waals surface area contributed by atoms with E-state index in [1.54, 1.807) is 19.3 Å². The summed E-state index contributed by atoms with van der Waals surface area (Å²) in [5.74, 6) is -1.29. The number of benzene rings is 2. The maximum Gasteiger partial charge on any atom is 0.339 e. The van der Waals surface area contributed by atoms with E-state index in [1.165, 1.54) is 0 Å². The second kappa shape index (κ2) is 5.88. The number of carboxylic acid groups (broad SMARTS) is 1. The molecule has 0 radical (unpaired) electrons. The second-order valence-corrected chi connectivity index (χ2v) is 7.28. The van der Waals surface area contributed by atoms with Crippen LogP contribution < -0.4 is 0 Å². The third-order valence-corrected chi connectivity index (χ3v) is 4.54. The number of hydrogen-bond acceptors (Lipinski definition) is 3. The first-order valence-electron chi connectivity index (χ1n) is 8.15. The summed E-state index contributed by atoms with van der Waals surface area (Å²) in [6.45, 7) is 7.59. The van der Waals surface area contributed by atoms with Gasteiger partial charge in [0, 0.05) is 28.9 Å². The number of aromatic carboxylic acids is 1. The van der Waals surface area contributed by atoms with Crippen LogP contribution in [-0.2, 0) is 5.41 Å². The van der Waals surface area contributed by atoms with Gasteiger partial charge in [-0.15, -0.1) is 0 Å². The van der Waals surface area contributed by atoms with E-state index in [4.69, 9.17) is 0 Å². The van der Waals surface area contributed by atoms with E-state index < -0.39 is 11.4 Å². The van der Waals surface area contributed by atoms with Crippen LogP contribution in [0.15, 0.2) is 42.7 Å². The molecule has 0 aliphatic carbocycles. The van der Waals surface area contributed by atoms with Crippen LogP contribution in [0.3, 0.4) is 0 Å². The van der Waals surface area contributed by atoms with E-state index in [0.29, 0.717) is 11.1 Å². The topological polar surface area (TPSA) is 70.4 Å². The minimum Gasteiger partial charge on any atom is -0.507 e. The number of phenols is 1. The molecule has 25 heavy (non-hydrogen) atoms. The molecule has 2 aromatic carbocycles. The Bertz CT molecular complexity index is 979. The van der Waals surface area contributed by atoms with Gasteiger partial charge in [-0.1, -0.05) is 45.0 Å². The van der Waals surface area contributed by atoms with Gasteiger partial charge in [-0.05, 0) is 34.9 Å². The standard InChI is InChI=1S/C21H21NO3/c1-12-15(16-11-22-10-13-7-5-6-8-14(13)16)9-17(21(2,3)4)19(23)18(12)20(24)25/h5-11,23H,1-4H3,(H,24,25). The summed E-state index contributed by atoms with van der Waals surface area (Å²) >= 11 is 0. The Morgan fingerprint density at radius 2 is 1.76 bits per heavy atom. The van der Waals surface area contributed by atoms with Gasteiger partial charge in [0.15, 0.2) is 0 Å². The maximum atomic E-state index is 11.8. The minimum atomic E-state index is -1.13. The predicted molar refractivity (Wildman–Crippen MR) is 99.2 cm³/mol. The summed E-state index contributed by atoms with van der Waals surface area (Å²) in [6, 6.07) is 9.76. The molecule has 2 N–H and O–H groups in total. The number of carboxylic acids is 1. The summed E-state index contributed by atoms with van der Waals surface area (Å²) in [6.07, 6.45) is 3.54. The molecule has 3 aromatic rings. The fraction of sp³-hybridized carbons (Fsp3) is 0.238. The van der Waals surface area contributed by atoms with Crippen LogP contribution in [0, 0.1) is 6.92 Å². The van der Waals surface area contributed by atoms with E-state index in [9.17, 15) is 15.0 Å². The molecule has 0 aliphatic heterocycles. The van der Waals surface area contributed by atoms with Gasteiger partial charge in [0.2, 0.25) is 0 Å². The third-order valence-electron chi connectivity index (χ3n) is 4.54. The molecular weight excluding hydrogens is 314 g/mol. The van der Waals surface area contributed by atoms with Crippen molar-refractivity contribution in [2.24, 2.45) is 0 Å². The molecule has 4 nitrogen and oxygen atoms in total. The number of carbonyl (C=O) groups is 1. The lowest BCUT2D eigenvalue weighted by Crippen LogP contribution is -2.15. The summed E-state index contributed by atoms with van der Waals surface area (Å²) in [4.78, 5) is 16.1. The fourth-order valence-electron chi connectivity index (χ4n) is 3.21. The average Bonchev–Trinajstić information content (AvgIpc) is 2.53. The van der Waals surface area contributed by atoms with Crippen molar-refractivity contribution in [3.05, 3.63) is 59.4 Å². The van der Waals surface area contributed by atoms with Crippen LogP contribution in [0.2, 0.25) is 0 Å². The summed E-state index contributed by atoms with van der Waals surface area (Å²) in [7, 11) is 0. The fourth-order valence-corrected chi connectivity index (χ4v) is 3.21. The van der Waals surface area contributed by atoms with Gasteiger partial charge in [0.1, 0.15) is 11.3 Å². The molecule has 0 aliphatic rings. The van der Waals surface area contributed by atoms with Crippen molar-refractivity contribution >= 4 is 16.7 Å². The smallest absolute Gasteiger partial charge is 0.339 e. The molecule has 128 valence electrons. The molecule has 1 heterocycles. The molecular formula is C21H21NO3. The third kappa shape index (κ3) is 2.84. The van der Waals surface area contributed by atoms with Gasteiger partial charge in [-0.2, -0.15) is 0 Å². The molecule has 0 atom stereocenters. The van der Waals surface area contributed by atoms with E-state index >= 15 is 0 Å². The summed E-state index contributed by atoms with van der Waals surface area (Å²) < 4.78 is 0. The van der Waals surface area contributed by atoms with E-state index in [2.05, 4.69) is 4.98 Å². The van der Waals surface area contributed by atoms with Crippen LogP contribution >= 0.6 is 0 Å². The van der Waals surface area contributed by atoms with Gasteiger partial charge in [0.05, 0.1) is 0 Å². The Labute approximate surface area is 146 Å². The number of pyridine rings is 1. The molecule has 0 bridgehead atoms. The van der Waals surface area contributed by atoms with Crippen molar-refractivity contribution in [2.45, 2.75) is 33.1 Å². The van der Waals surface area contributed by atoms with Crippen molar-refractivity contribution in [1.29, 1.82) is 0 Å². The van der Waals surface area contributed by atoms with Crippen molar-refractivity contribution in [1.82, 2.24) is 4.98 Å². The SMILES string of the molecule is Cc1c(-c2cncc3ccccc23)cc(C(C)(C)C)c(O)c1C(=O)O.